The SMILES string of the molecule is O[C@@H]1[C@@H](NCCc2ccc(F)cc2)CCC[C@H]1Oc1cccc(Cl)c1. The largest absolute Gasteiger partial charge is 0.488 e. The van der Waals surface area contributed by atoms with Gasteiger partial charge in [-0.3, -0.25) is 0 Å². The maximum atomic E-state index is 12.9. The lowest BCUT2D eigenvalue weighted by Crippen LogP contribution is -2.51. The van der Waals surface area contributed by atoms with Crippen LogP contribution < -0.4 is 10.1 Å². The molecule has 2 aromatic rings. The van der Waals surface area contributed by atoms with Crippen molar-refractivity contribution in [2.75, 3.05) is 6.54 Å². The minimum atomic E-state index is -0.569. The first-order chi connectivity index (χ1) is 12.1. The van der Waals surface area contributed by atoms with E-state index in [-0.39, 0.29) is 18.0 Å². The Labute approximate surface area is 152 Å². The molecule has 5 heteroatoms. The molecule has 0 spiro atoms. The molecule has 0 radical (unpaired) electrons. The predicted molar refractivity (Wildman–Crippen MR) is 97.6 cm³/mol. The van der Waals surface area contributed by atoms with Gasteiger partial charge in [-0.25, -0.2) is 4.39 Å². The van der Waals surface area contributed by atoms with Crippen molar-refractivity contribution in [3.8, 4) is 5.75 Å². The molecule has 1 aliphatic carbocycles. The van der Waals surface area contributed by atoms with E-state index in [1.54, 1.807) is 24.3 Å². The summed E-state index contributed by atoms with van der Waals surface area (Å²) in [5.74, 6) is 0.462. The minimum absolute atomic E-state index is 0.00150. The van der Waals surface area contributed by atoms with E-state index in [1.165, 1.54) is 12.1 Å². The highest BCUT2D eigenvalue weighted by Gasteiger charge is 2.32. The third-order valence-corrected chi connectivity index (χ3v) is 4.85. The summed E-state index contributed by atoms with van der Waals surface area (Å²) in [5, 5.41) is 14.7. The van der Waals surface area contributed by atoms with Gasteiger partial charge in [0.15, 0.2) is 0 Å². The molecule has 0 aliphatic heterocycles. The molecule has 1 fully saturated rings. The van der Waals surface area contributed by atoms with Crippen molar-refractivity contribution >= 4 is 11.6 Å². The summed E-state index contributed by atoms with van der Waals surface area (Å²) in [5.41, 5.74) is 1.07. The van der Waals surface area contributed by atoms with Gasteiger partial charge in [-0.1, -0.05) is 29.8 Å². The first kappa shape index (κ1) is 18.2. The Kier molecular flexibility index (Phi) is 6.29. The van der Waals surface area contributed by atoms with E-state index in [9.17, 15) is 9.50 Å². The van der Waals surface area contributed by atoms with Crippen LogP contribution in [0.3, 0.4) is 0 Å². The van der Waals surface area contributed by atoms with Crippen LogP contribution in [0.2, 0.25) is 5.02 Å². The molecule has 1 aliphatic rings. The summed E-state index contributed by atoms with van der Waals surface area (Å²) in [6.07, 6.45) is 2.72. The van der Waals surface area contributed by atoms with E-state index in [4.69, 9.17) is 16.3 Å². The number of benzene rings is 2. The summed E-state index contributed by atoms with van der Waals surface area (Å²) in [4.78, 5) is 0. The van der Waals surface area contributed by atoms with Gasteiger partial charge in [-0.05, 0) is 68.1 Å². The second kappa shape index (κ2) is 8.65. The van der Waals surface area contributed by atoms with Gasteiger partial charge >= 0.3 is 0 Å². The number of halogens is 2. The van der Waals surface area contributed by atoms with Crippen molar-refractivity contribution in [2.24, 2.45) is 0 Å². The number of aliphatic hydroxyl groups excluding tert-OH is 1. The zero-order chi connectivity index (χ0) is 17.6. The van der Waals surface area contributed by atoms with E-state index >= 15 is 0 Å². The van der Waals surface area contributed by atoms with E-state index in [1.807, 2.05) is 12.1 Å². The minimum Gasteiger partial charge on any atom is -0.488 e. The number of nitrogens with one attached hydrogen (secondary N) is 1. The highest BCUT2D eigenvalue weighted by Crippen LogP contribution is 2.26. The zero-order valence-corrected chi connectivity index (χ0v) is 14.8. The van der Waals surface area contributed by atoms with Crippen LogP contribution in [-0.2, 0) is 6.42 Å². The van der Waals surface area contributed by atoms with Crippen LogP contribution in [0.1, 0.15) is 24.8 Å². The third-order valence-electron chi connectivity index (χ3n) is 4.61. The summed E-state index contributed by atoms with van der Waals surface area (Å²) in [7, 11) is 0. The number of aliphatic hydroxyl groups is 1. The molecule has 0 unspecified atom stereocenters. The zero-order valence-electron chi connectivity index (χ0n) is 14.0. The number of rotatable bonds is 6. The fraction of sp³-hybridized carbons (Fsp3) is 0.400. The molecular formula is C20H23ClFNO2. The van der Waals surface area contributed by atoms with E-state index in [0.717, 1.165) is 37.8 Å². The van der Waals surface area contributed by atoms with Crippen LogP contribution in [0.25, 0.3) is 0 Å². The summed E-state index contributed by atoms with van der Waals surface area (Å²) in [6.45, 7) is 0.733. The Bertz CT molecular complexity index is 680. The molecule has 0 aromatic heterocycles. The Balaban J connectivity index is 1.51. The molecule has 3 rings (SSSR count). The molecule has 0 heterocycles. The monoisotopic (exact) mass is 363 g/mol. The van der Waals surface area contributed by atoms with Crippen molar-refractivity contribution in [3.05, 3.63) is 64.9 Å². The van der Waals surface area contributed by atoms with Gasteiger partial charge in [0.25, 0.3) is 0 Å². The quantitative estimate of drug-likeness (QED) is 0.815. The van der Waals surface area contributed by atoms with Crippen LogP contribution >= 0.6 is 11.6 Å². The normalized spacial score (nSPS) is 23.4. The van der Waals surface area contributed by atoms with E-state index in [2.05, 4.69) is 5.32 Å². The maximum absolute atomic E-state index is 12.9. The first-order valence-corrected chi connectivity index (χ1v) is 9.08. The van der Waals surface area contributed by atoms with Crippen LogP contribution in [-0.4, -0.2) is 29.9 Å². The second-order valence-corrected chi connectivity index (χ2v) is 6.91. The van der Waals surface area contributed by atoms with E-state index in [0.29, 0.717) is 10.8 Å². The Morgan fingerprint density at radius 1 is 1.16 bits per heavy atom. The van der Waals surface area contributed by atoms with Gasteiger partial charge in [-0.15, -0.1) is 0 Å². The molecule has 0 saturated heterocycles. The average Bonchev–Trinajstić information content (AvgIpc) is 2.60. The van der Waals surface area contributed by atoms with Crippen molar-refractivity contribution in [1.82, 2.24) is 5.32 Å². The fourth-order valence-electron chi connectivity index (χ4n) is 3.26. The van der Waals surface area contributed by atoms with Gasteiger partial charge < -0.3 is 15.2 Å². The number of hydrogen-bond donors (Lipinski definition) is 2. The van der Waals surface area contributed by atoms with Crippen LogP contribution in [0.5, 0.6) is 5.75 Å². The van der Waals surface area contributed by atoms with Gasteiger partial charge in [0, 0.05) is 11.1 Å². The van der Waals surface area contributed by atoms with Gasteiger partial charge in [-0.2, -0.15) is 0 Å². The summed E-state index contributed by atoms with van der Waals surface area (Å²) in [6, 6.07) is 13.8. The topological polar surface area (TPSA) is 41.5 Å². The molecule has 134 valence electrons. The standard InChI is InChI=1S/C20H23ClFNO2/c21-15-3-1-4-17(13-15)25-19-6-2-5-18(20(19)24)23-12-11-14-7-9-16(22)10-8-14/h1,3-4,7-10,13,18-20,23-24H,2,5-6,11-12H2/t18-,19+,20+/m0/s1. The highest BCUT2D eigenvalue weighted by molar-refractivity contribution is 6.30. The third kappa shape index (κ3) is 5.18. The van der Waals surface area contributed by atoms with Crippen LogP contribution in [0.15, 0.2) is 48.5 Å². The molecule has 2 N–H and O–H groups in total. The molecule has 0 amide bonds. The van der Waals surface area contributed by atoms with Crippen molar-refractivity contribution in [1.29, 1.82) is 0 Å². The smallest absolute Gasteiger partial charge is 0.126 e. The molecule has 3 nitrogen and oxygen atoms in total. The molecule has 0 bridgehead atoms. The van der Waals surface area contributed by atoms with Crippen molar-refractivity contribution in [3.63, 3.8) is 0 Å². The lowest BCUT2D eigenvalue weighted by molar-refractivity contribution is -0.0151. The lowest BCUT2D eigenvalue weighted by atomic mass is 9.89. The van der Waals surface area contributed by atoms with Gasteiger partial charge in [0.1, 0.15) is 23.8 Å². The van der Waals surface area contributed by atoms with E-state index < -0.39 is 6.10 Å². The summed E-state index contributed by atoms with van der Waals surface area (Å²) >= 11 is 5.99. The van der Waals surface area contributed by atoms with Crippen molar-refractivity contribution in [2.45, 2.75) is 43.9 Å². The molecular weight excluding hydrogens is 341 g/mol. The maximum Gasteiger partial charge on any atom is 0.126 e. The lowest BCUT2D eigenvalue weighted by Gasteiger charge is -2.35. The van der Waals surface area contributed by atoms with Crippen molar-refractivity contribution < 1.29 is 14.2 Å². The van der Waals surface area contributed by atoms with Gasteiger partial charge in [0.05, 0.1) is 0 Å². The van der Waals surface area contributed by atoms with Crippen LogP contribution in [0, 0.1) is 5.82 Å². The second-order valence-electron chi connectivity index (χ2n) is 6.47. The predicted octanol–water partition coefficient (Wildman–Crippen LogP) is 3.97. The first-order valence-electron chi connectivity index (χ1n) is 8.70. The Hall–Kier alpha value is -1.62. The summed E-state index contributed by atoms with van der Waals surface area (Å²) < 4.78 is 18.9. The molecule has 2 aromatic carbocycles. The van der Waals surface area contributed by atoms with Gasteiger partial charge in [0.2, 0.25) is 0 Å². The average molecular weight is 364 g/mol. The highest BCUT2D eigenvalue weighted by atomic mass is 35.5. The molecule has 25 heavy (non-hydrogen) atoms. The Morgan fingerprint density at radius 3 is 2.72 bits per heavy atom. The Morgan fingerprint density at radius 2 is 1.96 bits per heavy atom. The van der Waals surface area contributed by atoms with Crippen LogP contribution in [0.4, 0.5) is 4.39 Å². The number of ether oxygens (including phenoxy) is 1. The molecule has 3 atom stereocenters. The molecule has 1 saturated carbocycles. The fourth-order valence-corrected chi connectivity index (χ4v) is 3.44. The number of hydrogen-bond acceptors (Lipinski definition) is 3.